The summed E-state index contributed by atoms with van der Waals surface area (Å²) in [6.45, 7) is 4.59. The van der Waals surface area contributed by atoms with Crippen LogP contribution in [0.5, 0.6) is 0 Å². The van der Waals surface area contributed by atoms with Crippen molar-refractivity contribution in [2.75, 3.05) is 11.9 Å². The van der Waals surface area contributed by atoms with Crippen LogP contribution in [0, 0.1) is 0 Å². The molecule has 0 aliphatic carbocycles. The summed E-state index contributed by atoms with van der Waals surface area (Å²) in [5.74, 6) is 0. The molecule has 2 nitrogen and oxygen atoms in total. The average molecular weight is 207 g/mol. The molecule has 0 unspecified atom stereocenters. The van der Waals surface area contributed by atoms with Crippen LogP contribution in [0.25, 0.3) is 0 Å². The van der Waals surface area contributed by atoms with Crippen LogP contribution in [0.3, 0.4) is 0 Å². The summed E-state index contributed by atoms with van der Waals surface area (Å²) in [5, 5.41) is 12.3. The van der Waals surface area contributed by atoms with Crippen molar-refractivity contribution in [3.05, 3.63) is 29.8 Å². The maximum Gasteiger partial charge on any atom is 0.0684 e. The molecule has 0 fully saturated rings. The number of nitrogens with one attached hydrogen (secondary N) is 1. The molecule has 15 heavy (non-hydrogen) atoms. The second kappa shape index (κ2) is 6.46. The largest absolute Gasteiger partial charge is 0.392 e. The first-order chi connectivity index (χ1) is 7.22. The Morgan fingerprint density at radius 2 is 1.93 bits per heavy atom. The quantitative estimate of drug-likeness (QED) is 0.751. The highest BCUT2D eigenvalue weighted by atomic mass is 16.3. The fourth-order valence-corrected chi connectivity index (χ4v) is 1.44. The maximum absolute atomic E-state index is 9.12. The maximum atomic E-state index is 9.12. The third-order valence-corrected chi connectivity index (χ3v) is 2.37. The van der Waals surface area contributed by atoms with Crippen molar-refractivity contribution in [3.8, 4) is 0 Å². The number of aliphatic hydroxyl groups excluding tert-OH is 1. The molecule has 84 valence electrons. The van der Waals surface area contributed by atoms with E-state index in [4.69, 9.17) is 5.11 Å². The summed E-state index contributed by atoms with van der Waals surface area (Å²) in [5.41, 5.74) is 2.47. The van der Waals surface area contributed by atoms with Gasteiger partial charge in [-0.15, -0.1) is 0 Å². The standard InChI is InChI=1S/C13H21NO/c1-3-4-5-12-6-8-13(9-7-12)14-10-11(2)15/h6-9,11,14-15H,3-5,10H2,1-2H3/t11-/m0/s1. The van der Waals surface area contributed by atoms with Gasteiger partial charge in [0.1, 0.15) is 0 Å². The number of aliphatic hydroxyl groups is 1. The highest BCUT2D eigenvalue weighted by Crippen LogP contribution is 2.11. The monoisotopic (exact) mass is 207 g/mol. The molecule has 1 rings (SSSR count). The minimum Gasteiger partial charge on any atom is -0.392 e. The first-order valence-electron chi connectivity index (χ1n) is 5.73. The van der Waals surface area contributed by atoms with Gasteiger partial charge in [0, 0.05) is 12.2 Å². The first kappa shape index (κ1) is 12.1. The van der Waals surface area contributed by atoms with Gasteiger partial charge in [0.2, 0.25) is 0 Å². The molecule has 0 amide bonds. The van der Waals surface area contributed by atoms with E-state index >= 15 is 0 Å². The number of anilines is 1. The molecule has 0 radical (unpaired) electrons. The van der Waals surface area contributed by atoms with Gasteiger partial charge in [-0.2, -0.15) is 0 Å². The van der Waals surface area contributed by atoms with Gasteiger partial charge in [0.15, 0.2) is 0 Å². The van der Waals surface area contributed by atoms with Gasteiger partial charge in [-0.1, -0.05) is 25.5 Å². The number of hydrogen-bond donors (Lipinski definition) is 2. The summed E-state index contributed by atoms with van der Waals surface area (Å²) < 4.78 is 0. The molecule has 0 bridgehead atoms. The first-order valence-corrected chi connectivity index (χ1v) is 5.73. The lowest BCUT2D eigenvalue weighted by molar-refractivity contribution is 0.208. The van der Waals surface area contributed by atoms with E-state index in [2.05, 4.69) is 36.5 Å². The Balaban J connectivity index is 2.41. The van der Waals surface area contributed by atoms with Crippen molar-refractivity contribution in [3.63, 3.8) is 0 Å². The molecule has 2 heteroatoms. The molecule has 1 atom stereocenters. The van der Waals surface area contributed by atoms with Gasteiger partial charge in [-0.25, -0.2) is 0 Å². The zero-order valence-corrected chi connectivity index (χ0v) is 9.66. The number of unbranched alkanes of at least 4 members (excludes halogenated alkanes) is 1. The number of rotatable bonds is 6. The third kappa shape index (κ3) is 4.84. The van der Waals surface area contributed by atoms with Crippen molar-refractivity contribution < 1.29 is 5.11 Å². The van der Waals surface area contributed by atoms with Crippen LogP contribution >= 0.6 is 0 Å². The number of aryl methyl sites for hydroxylation is 1. The highest BCUT2D eigenvalue weighted by Gasteiger charge is 1.96. The molecular weight excluding hydrogens is 186 g/mol. The molecule has 0 aromatic heterocycles. The van der Waals surface area contributed by atoms with E-state index in [0.29, 0.717) is 6.54 Å². The van der Waals surface area contributed by atoms with E-state index in [-0.39, 0.29) is 6.10 Å². The minimum absolute atomic E-state index is 0.301. The predicted molar refractivity (Wildman–Crippen MR) is 65.2 cm³/mol. The van der Waals surface area contributed by atoms with Gasteiger partial charge >= 0.3 is 0 Å². The molecule has 0 saturated carbocycles. The van der Waals surface area contributed by atoms with Gasteiger partial charge in [-0.05, 0) is 37.5 Å². The van der Waals surface area contributed by atoms with Crippen LogP contribution in [0.4, 0.5) is 5.69 Å². The van der Waals surface area contributed by atoms with Crippen molar-refractivity contribution in [1.29, 1.82) is 0 Å². The molecule has 2 N–H and O–H groups in total. The van der Waals surface area contributed by atoms with E-state index in [1.165, 1.54) is 18.4 Å². The Hall–Kier alpha value is -1.02. The van der Waals surface area contributed by atoms with Gasteiger partial charge in [-0.3, -0.25) is 0 Å². The molecule has 0 spiro atoms. The molecule has 1 aromatic carbocycles. The average Bonchev–Trinajstić information content (AvgIpc) is 2.25. The lowest BCUT2D eigenvalue weighted by atomic mass is 10.1. The van der Waals surface area contributed by atoms with Crippen LogP contribution in [0.1, 0.15) is 32.3 Å². The van der Waals surface area contributed by atoms with Gasteiger partial charge in [0.05, 0.1) is 6.10 Å². The third-order valence-electron chi connectivity index (χ3n) is 2.37. The summed E-state index contributed by atoms with van der Waals surface area (Å²) in [4.78, 5) is 0. The second-order valence-corrected chi connectivity index (χ2v) is 4.03. The molecule has 0 aliphatic rings. The summed E-state index contributed by atoms with van der Waals surface area (Å²) in [7, 11) is 0. The minimum atomic E-state index is -0.301. The Morgan fingerprint density at radius 1 is 1.27 bits per heavy atom. The zero-order valence-electron chi connectivity index (χ0n) is 9.66. The smallest absolute Gasteiger partial charge is 0.0684 e. The van der Waals surface area contributed by atoms with Crippen LogP contribution < -0.4 is 5.32 Å². The van der Waals surface area contributed by atoms with Crippen LogP contribution in [-0.2, 0) is 6.42 Å². The lowest BCUT2D eigenvalue weighted by Crippen LogP contribution is -2.15. The van der Waals surface area contributed by atoms with Crippen LogP contribution in [0.2, 0.25) is 0 Å². The second-order valence-electron chi connectivity index (χ2n) is 4.03. The van der Waals surface area contributed by atoms with E-state index < -0.39 is 0 Å². The lowest BCUT2D eigenvalue weighted by Gasteiger charge is -2.08. The fraction of sp³-hybridized carbons (Fsp3) is 0.538. The Morgan fingerprint density at radius 3 is 2.47 bits per heavy atom. The van der Waals surface area contributed by atoms with Crippen molar-refractivity contribution in [2.24, 2.45) is 0 Å². The Kier molecular flexibility index (Phi) is 5.19. The molecule has 0 aliphatic heterocycles. The summed E-state index contributed by atoms with van der Waals surface area (Å²) in [6, 6.07) is 8.46. The van der Waals surface area contributed by atoms with Gasteiger partial charge in [0.25, 0.3) is 0 Å². The van der Waals surface area contributed by atoms with Crippen molar-refractivity contribution >= 4 is 5.69 Å². The van der Waals surface area contributed by atoms with E-state index in [9.17, 15) is 0 Å². The van der Waals surface area contributed by atoms with Crippen LogP contribution in [0.15, 0.2) is 24.3 Å². The number of hydrogen-bond acceptors (Lipinski definition) is 2. The Bertz CT molecular complexity index is 266. The fourth-order valence-electron chi connectivity index (χ4n) is 1.44. The summed E-state index contributed by atoms with van der Waals surface area (Å²) >= 11 is 0. The number of benzene rings is 1. The van der Waals surface area contributed by atoms with Crippen molar-refractivity contribution in [2.45, 2.75) is 39.2 Å². The molecular formula is C13H21NO. The zero-order chi connectivity index (χ0) is 11.1. The van der Waals surface area contributed by atoms with E-state index in [1.807, 2.05) is 0 Å². The molecule has 1 aromatic rings. The molecule has 0 saturated heterocycles. The van der Waals surface area contributed by atoms with Gasteiger partial charge < -0.3 is 10.4 Å². The van der Waals surface area contributed by atoms with E-state index in [0.717, 1.165) is 12.1 Å². The van der Waals surface area contributed by atoms with Crippen molar-refractivity contribution in [1.82, 2.24) is 0 Å². The predicted octanol–water partition coefficient (Wildman–Crippen LogP) is 2.82. The van der Waals surface area contributed by atoms with Crippen LogP contribution in [-0.4, -0.2) is 17.8 Å². The topological polar surface area (TPSA) is 32.3 Å². The summed E-state index contributed by atoms with van der Waals surface area (Å²) in [6.07, 6.45) is 3.35. The van der Waals surface area contributed by atoms with E-state index in [1.54, 1.807) is 6.92 Å². The highest BCUT2D eigenvalue weighted by molar-refractivity contribution is 5.44. The Labute approximate surface area is 92.3 Å². The molecule has 0 heterocycles. The normalized spacial score (nSPS) is 12.5. The SMILES string of the molecule is CCCCc1ccc(NC[C@H](C)O)cc1.